The van der Waals surface area contributed by atoms with Crippen LogP contribution in [0, 0.1) is 23.4 Å². The van der Waals surface area contributed by atoms with Crippen LogP contribution in [0.25, 0.3) is 0 Å². The molecule has 1 aliphatic heterocycles. The maximum Gasteiger partial charge on any atom is 0.194 e. The molecule has 0 spiro atoms. The molecule has 0 amide bonds. The first-order chi connectivity index (χ1) is 8.63. The van der Waals surface area contributed by atoms with Gasteiger partial charge in [0.25, 0.3) is 0 Å². The second-order valence-corrected chi connectivity index (χ2v) is 5.75. The van der Waals surface area contributed by atoms with Crippen molar-refractivity contribution in [1.82, 2.24) is 0 Å². The third kappa shape index (κ3) is 2.34. The van der Waals surface area contributed by atoms with E-state index in [9.17, 15) is 13.2 Å². The van der Waals surface area contributed by atoms with Crippen LogP contribution in [0.15, 0.2) is 17.1 Å². The van der Waals surface area contributed by atoms with Crippen LogP contribution in [-0.2, 0) is 0 Å². The number of benzene rings is 1. The molecular weight excluding hydrogens is 261 g/mol. The molecule has 3 rings (SSSR count). The number of halogens is 3. The molecule has 2 nitrogen and oxygen atoms in total. The van der Waals surface area contributed by atoms with Crippen molar-refractivity contribution in [2.45, 2.75) is 18.1 Å². The molecule has 1 atom stereocenters. The van der Waals surface area contributed by atoms with Crippen LogP contribution in [0.1, 0.15) is 12.8 Å². The molecule has 0 radical (unpaired) electrons. The molecule has 18 heavy (non-hydrogen) atoms. The van der Waals surface area contributed by atoms with Gasteiger partial charge in [0.1, 0.15) is 0 Å². The smallest absolute Gasteiger partial charge is 0.194 e. The lowest BCUT2D eigenvalue weighted by molar-refractivity contribution is 0.448. The summed E-state index contributed by atoms with van der Waals surface area (Å²) in [6.45, 7) is 0.740. The SMILES string of the molecule is Fc1cc(NC2=NCC(C3CC3)S2)cc(F)c1F. The van der Waals surface area contributed by atoms with Crippen molar-refractivity contribution in [3.63, 3.8) is 0 Å². The van der Waals surface area contributed by atoms with Gasteiger partial charge in [-0.15, -0.1) is 0 Å². The summed E-state index contributed by atoms with van der Waals surface area (Å²) in [5, 5.41) is 3.95. The zero-order valence-electron chi connectivity index (χ0n) is 9.42. The van der Waals surface area contributed by atoms with Crippen molar-refractivity contribution in [3.8, 4) is 0 Å². The van der Waals surface area contributed by atoms with E-state index < -0.39 is 17.5 Å². The molecule has 1 fully saturated rings. The Bertz CT molecular complexity index is 491. The van der Waals surface area contributed by atoms with Crippen LogP contribution in [0.3, 0.4) is 0 Å². The summed E-state index contributed by atoms with van der Waals surface area (Å²) >= 11 is 1.59. The molecule has 1 N–H and O–H groups in total. The summed E-state index contributed by atoms with van der Waals surface area (Å²) < 4.78 is 38.8. The monoisotopic (exact) mass is 272 g/mol. The van der Waals surface area contributed by atoms with Gasteiger partial charge >= 0.3 is 0 Å². The first-order valence-corrected chi connectivity index (χ1v) is 6.64. The van der Waals surface area contributed by atoms with Crippen LogP contribution in [0.4, 0.5) is 18.9 Å². The topological polar surface area (TPSA) is 24.4 Å². The molecule has 6 heteroatoms. The summed E-state index contributed by atoms with van der Waals surface area (Å²) in [5.41, 5.74) is 0.189. The van der Waals surface area contributed by atoms with Gasteiger partial charge in [0, 0.05) is 23.1 Å². The Morgan fingerprint density at radius 3 is 2.44 bits per heavy atom. The molecule has 96 valence electrons. The second-order valence-electron chi connectivity index (χ2n) is 4.52. The third-order valence-corrected chi connectivity index (χ3v) is 4.35. The molecule has 1 aromatic rings. The first-order valence-electron chi connectivity index (χ1n) is 5.76. The number of nitrogens with zero attached hydrogens (tertiary/aromatic N) is 1. The first kappa shape index (κ1) is 11.9. The Balaban J connectivity index is 1.69. The van der Waals surface area contributed by atoms with Crippen LogP contribution < -0.4 is 5.32 Å². The largest absolute Gasteiger partial charge is 0.335 e. The minimum Gasteiger partial charge on any atom is -0.335 e. The number of anilines is 1. The van der Waals surface area contributed by atoms with Gasteiger partial charge in [-0.3, -0.25) is 4.99 Å². The van der Waals surface area contributed by atoms with Crippen molar-refractivity contribution in [3.05, 3.63) is 29.6 Å². The van der Waals surface area contributed by atoms with Crippen molar-refractivity contribution < 1.29 is 13.2 Å². The van der Waals surface area contributed by atoms with Crippen molar-refractivity contribution >= 4 is 22.6 Å². The van der Waals surface area contributed by atoms with E-state index in [0.29, 0.717) is 10.4 Å². The maximum absolute atomic E-state index is 13.0. The van der Waals surface area contributed by atoms with E-state index in [-0.39, 0.29) is 5.69 Å². The van der Waals surface area contributed by atoms with Gasteiger partial charge in [0.05, 0.1) is 6.54 Å². The average molecular weight is 272 g/mol. The van der Waals surface area contributed by atoms with E-state index in [1.54, 1.807) is 11.8 Å². The highest BCUT2D eigenvalue weighted by molar-refractivity contribution is 8.15. The van der Waals surface area contributed by atoms with Gasteiger partial charge in [-0.1, -0.05) is 11.8 Å². The van der Waals surface area contributed by atoms with Crippen molar-refractivity contribution in [1.29, 1.82) is 0 Å². The van der Waals surface area contributed by atoms with Gasteiger partial charge in [0.2, 0.25) is 0 Å². The van der Waals surface area contributed by atoms with E-state index >= 15 is 0 Å². The van der Waals surface area contributed by atoms with Gasteiger partial charge in [-0.25, -0.2) is 13.2 Å². The number of rotatable bonds is 2. The molecule has 1 heterocycles. The fourth-order valence-electron chi connectivity index (χ4n) is 1.92. The Hall–Kier alpha value is -1.17. The normalized spacial score (nSPS) is 23.1. The molecule has 1 saturated carbocycles. The van der Waals surface area contributed by atoms with E-state index in [1.165, 1.54) is 12.8 Å². The molecule has 0 saturated heterocycles. The van der Waals surface area contributed by atoms with Crippen molar-refractivity contribution in [2.24, 2.45) is 10.9 Å². The predicted molar refractivity (Wildman–Crippen MR) is 66.3 cm³/mol. The lowest BCUT2D eigenvalue weighted by Gasteiger charge is -2.08. The minimum absolute atomic E-state index is 0.189. The van der Waals surface area contributed by atoms with Crippen LogP contribution in [0.5, 0.6) is 0 Å². The molecule has 0 bridgehead atoms. The van der Waals surface area contributed by atoms with E-state index in [4.69, 9.17) is 0 Å². The highest BCUT2D eigenvalue weighted by Crippen LogP contribution is 2.42. The van der Waals surface area contributed by atoms with E-state index in [1.807, 2.05) is 0 Å². The number of thioether (sulfide) groups is 1. The lowest BCUT2D eigenvalue weighted by Crippen LogP contribution is -2.09. The number of hydrogen-bond acceptors (Lipinski definition) is 3. The molecule has 0 aromatic heterocycles. The molecule has 2 aliphatic rings. The van der Waals surface area contributed by atoms with E-state index in [2.05, 4.69) is 10.3 Å². The number of hydrogen-bond donors (Lipinski definition) is 1. The fraction of sp³-hybridized carbons (Fsp3) is 0.417. The average Bonchev–Trinajstić information content (AvgIpc) is 3.08. The second kappa shape index (κ2) is 4.50. The van der Waals surface area contributed by atoms with Crippen LogP contribution in [0.2, 0.25) is 0 Å². The van der Waals surface area contributed by atoms with E-state index in [0.717, 1.165) is 24.6 Å². The maximum atomic E-state index is 13.0. The van der Waals surface area contributed by atoms with Crippen LogP contribution in [-0.4, -0.2) is 17.0 Å². The zero-order chi connectivity index (χ0) is 12.7. The zero-order valence-corrected chi connectivity index (χ0v) is 10.2. The third-order valence-electron chi connectivity index (χ3n) is 3.06. The Morgan fingerprint density at radius 2 is 1.83 bits per heavy atom. The summed E-state index contributed by atoms with van der Waals surface area (Å²) in [6, 6.07) is 1.87. The number of aliphatic imine (C=N–C) groups is 1. The molecule has 1 unspecified atom stereocenters. The summed E-state index contributed by atoms with van der Waals surface area (Å²) in [4.78, 5) is 4.29. The summed E-state index contributed by atoms with van der Waals surface area (Å²) in [6.07, 6.45) is 2.47. The Kier molecular flexibility index (Phi) is 2.97. The molecule has 1 aliphatic carbocycles. The number of nitrogens with one attached hydrogen (secondary N) is 1. The quantitative estimate of drug-likeness (QED) is 0.834. The van der Waals surface area contributed by atoms with Gasteiger partial charge in [-0.05, 0) is 18.8 Å². The molecular formula is C12H11F3N2S. The summed E-state index contributed by atoms with van der Waals surface area (Å²) in [7, 11) is 0. The fourth-order valence-corrected chi connectivity index (χ4v) is 3.15. The van der Waals surface area contributed by atoms with Crippen LogP contribution >= 0.6 is 11.8 Å². The Morgan fingerprint density at radius 1 is 1.17 bits per heavy atom. The standard InChI is InChI=1S/C12H11F3N2S/c13-8-3-7(4-9(14)11(8)15)17-12-16-5-10(18-12)6-1-2-6/h3-4,6,10H,1-2,5H2,(H,16,17). The van der Waals surface area contributed by atoms with Gasteiger partial charge < -0.3 is 5.32 Å². The number of amidine groups is 1. The molecule has 1 aromatic carbocycles. The highest BCUT2D eigenvalue weighted by Gasteiger charge is 2.35. The van der Waals surface area contributed by atoms with Gasteiger partial charge in [0.15, 0.2) is 22.6 Å². The Labute approximate surface area is 107 Å². The van der Waals surface area contributed by atoms with Gasteiger partial charge in [-0.2, -0.15) is 0 Å². The highest BCUT2D eigenvalue weighted by atomic mass is 32.2. The minimum atomic E-state index is -1.45. The predicted octanol–water partition coefficient (Wildman–Crippen LogP) is 3.40. The van der Waals surface area contributed by atoms with Crippen molar-refractivity contribution in [2.75, 3.05) is 11.9 Å². The lowest BCUT2D eigenvalue weighted by atomic mass is 10.3. The summed E-state index contributed by atoms with van der Waals surface area (Å²) in [5.74, 6) is -3.11.